The van der Waals surface area contributed by atoms with Crippen LogP contribution in [0.4, 0.5) is 9.59 Å². The summed E-state index contributed by atoms with van der Waals surface area (Å²) in [5.74, 6) is -3.92. The first-order valence-corrected chi connectivity index (χ1v) is 21.9. The van der Waals surface area contributed by atoms with Gasteiger partial charge in [-0.05, 0) is 61.6 Å². The summed E-state index contributed by atoms with van der Waals surface area (Å²) in [6.45, 7) is 7.52. The van der Waals surface area contributed by atoms with E-state index < -0.39 is 65.5 Å². The smallest absolute Gasteiger partial charge is 0.407 e. The van der Waals surface area contributed by atoms with E-state index in [1.54, 1.807) is 75.4 Å². The molecule has 0 saturated carbocycles. The fraction of sp³-hybridized carbons (Fsp3) is 0.400. The molecule has 4 aromatic rings. The average Bonchev–Trinajstić information content (AvgIpc) is 3.29. The first-order chi connectivity index (χ1) is 30.8. The number of amides is 6. The Morgan fingerprint density at radius 3 is 2.06 bits per heavy atom. The van der Waals surface area contributed by atoms with Crippen LogP contribution in [0.5, 0.6) is 0 Å². The van der Waals surface area contributed by atoms with Crippen LogP contribution < -0.4 is 21.3 Å². The largest absolute Gasteiger partial charge is 0.462 e. The summed E-state index contributed by atoms with van der Waals surface area (Å²) >= 11 is 0. The number of carbonyl (C=O) groups is 6. The van der Waals surface area contributed by atoms with Crippen LogP contribution in [0.3, 0.4) is 0 Å². The van der Waals surface area contributed by atoms with Gasteiger partial charge in [0.25, 0.3) is 5.91 Å². The van der Waals surface area contributed by atoms with Crippen LogP contribution in [0.1, 0.15) is 74.9 Å². The van der Waals surface area contributed by atoms with Gasteiger partial charge >= 0.3 is 18.1 Å². The number of nitrogens with one attached hydrogen (secondary N) is 4. The predicted octanol–water partition coefficient (Wildman–Crippen LogP) is 6.63. The monoisotopic (exact) mass is 875 g/mol. The molecule has 64 heavy (non-hydrogen) atoms. The van der Waals surface area contributed by atoms with Gasteiger partial charge in [0.05, 0.1) is 25.4 Å². The first-order valence-electron chi connectivity index (χ1n) is 21.9. The molecule has 6 amide bonds. The summed E-state index contributed by atoms with van der Waals surface area (Å²) in [4.78, 5) is 86.4. The molecule has 340 valence electrons. The van der Waals surface area contributed by atoms with E-state index in [1.165, 1.54) is 4.90 Å². The summed E-state index contributed by atoms with van der Waals surface area (Å²) in [6, 6.07) is 32.3. The molecule has 4 aromatic carbocycles. The fourth-order valence-corrected chi connectivity index (χ4v) is 7.45. The van der Waals surface area contributed by atoms with Gasteiger partial charge in [0.2, 0.25) is 11.8 Å². The number of ether oxygens (including phenoxy) is 3. The number of carbonyl (C=O) groups excluding carboxylic acids is 6. The zero-order chi connectivity index (χ0) is 46.0. The van der Waals surface area contributed by atoms with Crippen LogP contribution in [0.2, 0.25) is 0 Å². The molecule has 0 aliphatic carbocycles. The van der Waals surface area contributed by atoms with Gasteiger partial charge in [-0.15, -0.1) is 0 Å². The minimum absolute atomic E-state index is 0.0280. The lowest BCUT2D eigenvalue weighted by molar-refractivity contribution is -0.139. The summed E-state index contributed by atoms with van der Waals surface area (Å²) in [6.07, 6.45) is 1.15. The number of nitrogens with zero attached hydrogens (tertiary/aromatic N) is 1. The maximum Gasteiger partial charge on any atom is 0.407 e. The van der Waals surface area contributed by atoms with Crippen LogP contribution in [0.15, 0.2) is 115 Å². The van der Waals surface area contributed by atoms with E-state index in [9.17, 15) is 24.0 Å². The van der Waals surface area contributed by atoms with Gasteiger partial charge in [-0.3, -0.25) is 19.7 Å². The third kappa shape index (κ3) is 14.5. The quantitative estimate of drug-likeness (QED) is 0.0595. The van der Waals surface area contributed by atoms with Gasteiger partial charge in [-0.2, -0.15) is 0 Å². The van der Waals surface area contributed by atoms with Crippen LogP contribution in [-0.2, 0) is 41.4 Å². The van der Waals surface area contributed by atoms with Gasteiger partial charge in [0, 0.05) is 44.8 Å². The lowest BCUT2D eigenvalue weighted by Crippen LogP contribution is -2.69. The summed E-state index contributed by atoms with van der Waals surface area (Å²) in [5.41, 5.74) is 0.264. The second kappa shape index (κ2) is 23.8. The predicted molar refractivity (Wildman–Crippen MR) is 243 cm³/mol. The molecule has 1 fully saturated rings. The van der Waals surface area contributed by atoms with E-state index in [0.29, 0.717) is 30.8 Å². The second-order valence-corrected chi connectivity index (χ2v) is 16.8. The zero-order valence-corrected chi connectivity index (χ0v) is 37.2. The number of urea groups is 1. The van der Waals surface area contributed by atoms with E-state index in [1.807, 2.05) is 67.6 Å². The van der Waals surface area contributed by atoms with Gasteiger partial charge in [-0.1, -0.05) is 123 Å². The molecule has 0 radical (unpaired) electrons. The van der Waals surface area contributed by atoms with Crippen LogP contribution >= 0.6 is 0 Å². The second-order valence-electron chi connectivity index (χ2n) is 16.8. The van der Waals surface area contributed by atoms with Crippen LogP contribution in [0, 0.1) is 5.92 Å². The lowest BCUT2D eigenvalue weighted by Gasteiger charge is -2.41. The van der Waals surface area contributed by atoms with E-state index in [2.05, 4.69) is 21.3 Å². The van der Waals surface area contributed by atoms with Crippen LogP contribution in [0.25, 0.3) is 11.1 Å². The highest BCUT2D eigenvalue weighted by atomic mass is 16.6. The number of benzene rings is 4. The van der Waals surface area contributed by atoms with Crippen molar-refractivity contribution in [1.82, 2.24) is 26.2 Å². The number of alkyl carbamates (subject to hydrolysis) is 1. The molecule has 1 aliphatic rings. The summed E-state index contributed by atoms with van der Waals surface area (Å²) < 4.78 is 17.0. The Morgan fingerprint density at radius 2 is 1.41 bits per heavy atom. The van der Waals surface area contributed by atoms with Gasteiger partial charge < -0.3 is 35.1 Å². The standard InChI is InChI=1S/C50H61N5O9/c1-5-6-10-27-43(56)54-50(33-39-25-17-18-26-41(39)37-21-13-8-14-22-37,40(34-51-48(61)64-49(2,3)4)35-63-45(58)38-23-15-9-16-24-38)46(59)52-42(32-36-19-11-7-12-20-36)44(57)53-47(60)55-28-30-62-31-29-55/h7-9,11-26,40,42H,5-6,10,27-35H2,1-4H3,(H,51,61)(H,52,59)(H,54,56)(H,53,57,60). The number of hydrogen-bond acceptors (Lipinski definition) is 9. The number of esters is 1. The van der Waals surface area contributed by atoms with E-state index in [4.69, 9.17) is 14.2 Å². The normalized spacial score (nSPS) is 14.5. The minimum Gasteiger partial charge on any atom is -0.462 e. The molecule has 5 rings (SSSR count). The van der Waals surface area contributed by atoms with Crippen molar-refractivity contribution in [2.45, 2.75) is 83.4 Å². The molecule has 1 aliphatic heterocycles. The maximum atomic E-state index is 15.8. The molecule has 0 aromatic heterocycles. The Balaban J connectivity index is 1.67. The van der Waals surface area contributed by atoms with E-state index in [-0.39, 0.29) is 44.5 Å². The third-order valence-corrected chi connectivity index (χ3v) is 10.8. The number of rotatable bonds is 19. The SMILES string of the molecule is CCCCCC(=O)NC(Cc1ccccc1-c1ccccc1)(C(=O)NC(Cc1ccccc1)C(=O)NC(=O)N1CCOCC1)C(CNC(=O)OC(C)(C)C)COC(=O)c1ccccc1. The van der Waals surface area contributed by atoms with Crippen molar-refractivity contribution in [3.05, 3.63) is 132 Å². The highest BCUT2D eigenvalue weighted by Crippen LogP contribution is 2.32. The zero-order valence-electron chi connectivity index (χ0n) is 37.2. The maximum absolute atomic E-state index is 15.8. The Labute approximate surface area is 375 Å². The first kappa shape index (κ1) is 48.5. The number of hydrogen-bond donors (Lipinski definition) is 4. The van der Waals surface area contributed by atoms with Crippen LogP contribution in [-0.4, -0.2) is 97.4 Å². The number of imide groups is 1. The Morgan fingerprint density at radius 1 is 0.781 bits per heavy atom. The topological polar surface area (TPSA) is 181 Å². The Bertz CT molecular complexity index is 2160. The van der Waals surface area contributed by atoms with E-state index in [0.717, 1.165) is 24.0 Å². The fourth-order valence-electron chi connectivity index (χ4n) is 7.45. The molecule has 3 unspecified atom stereocenters. The van der Waals surface area contributed by atoms with Gasteiger partial charge in [0.1, 0.15) is 17.2 Å². The molecular formula is C50H61N5O9. The minimum atomic E-state index is -2.02. The number of morpholine rings is 1. The molecule has 0 bridgehead atoms. The molecule has 4 N–H and O–H groups in total. The number of unbranched alkanes of at least 4 members (excludes halogenated alkanes) is 2. The molecule has 3 atom stereocenters. The molecule has 1 heterocycles. The van der Waals surface area contributed by atoms with Crippen molar-refractivity contribution >= 4 is 35.8 Å². The summed E-state index contributed by atoms with van der Waals surface area (Å²) in [5, 5.41) is 11.3. The van der Waals surface area contributed by atoms with E-state index >= 15 is 4.79 Å². The van der Waals surface area contributed by atoms with Crippen molar-refractivity contribution in [1.29, 1.82) is 0 Å². The summed E-state index contributed by atoms with van der Waals surface area (Å²) in [7, 11) is 0. The Kier molecular flexibility index (Phi) is 18.0. The highest BCUT2D eigenvalue weighted by Gasteiger charge is 2.49. The Hall–Kier alpha value is -6.54. The van der Waals surface area contributed by atoms with Crippen molar-refractivity contribution in [3.8, 4) is 11.1 Å². The van der Waals surface area contributed by atoms with Gasteiger partial charge in [0.15, 0.2) is 0 Å². The van der Waals surface area contributed by atoms with Crippen molar-refractivity contribution in [2.75, 3.05) is 39.5 Å². The van der Waals surface area contributed by atoms with Crippen molar-refractivity contribution in [2.24, 2.45) is 5.92 Å². The molecule has 0 spiro atoms. The average molecular weight is 876 g/mol. The molecule has 14 nitrogen and oxygen atoms in total. The van der Waals surface area contributed by atoms with Gasteiger partial charge in [-0.25, -0.2) is 14.4 Å². The molecular weight excluding hydrogens is 815 g/mol. The highest BCUT2D eigenvalue weighted by molar-refractivity contribution is 6.01. The molecule has 1 saturated heterocycles. The van der Waals surface area contributed by atoms with Crippen molar-refractivity contribution < 1.29 is 43.0 Å². The lowest BCUT2D eigenvalue weighted by atomic mass is 9.76. The van der Waals surface area contributed by atoms with Crippen molar-refractivity contribution in [3.63, 3.8) is 0 Å². The third-order valence-electron chi connectivity index (χ3n) is 10.8. The molecule has 14 heteroatoms.